The van der Waals surface area contributed by atoms with E-state index in [0.29, 0.717) is 6.61 Å². The standard InChI is InChI=1S/C16H24OSi/c1-18(2,16-12-8-7-9-13-16)15-11-6-4-3-5-10-14-17/h7-9,12-13,17H,3-6,10,14H2,1-2H3. The van der Waals surface area contributed by atoms with Gasteiger partial charge in [-0.2, -0.15) is 0 Å². The Morgan fingerprint density at radius 2 is 1.67 bits per heavy atom. The molecule has 0 unspecified atom stereocenters. The summed E-state index contributed by atoms with van der Waals surface area (Å²) in [5.74, 6) is 3.35. The van der Waals surface area contributed by atoms with Crippen LogP contribution in [0, 0.1) is 11.5 Å². The fourth-order valence-electron chi connectivity index (χ4n) is 1.89. The summed E-state index contributed by atoms with van der Waals surface area (Å²) >= 11 is 0. The topological polar surface area (TPSA) is 20.2 Å². The van der Waals surface area contributed by atoms with Crippen molar-refractivity contribution in [2.24, 2.45) is 0 Å². The SMILES string of the molecule is C[Si](C)(C#CCCCCCCO)c1ccccc1. The highest BCUT2D eigenvalue weighted by molar-refractivity contribution is 6.96. The highest BCUT2D eigenvalue weighted by atomic mass is 28.3. The Hall–Kier alpha value is -1.04. The fourth-order valence-corrected chi connectivity index (χ4v) is 3.63. The number of aliphatic hydroxyl groups is 1. The van der Waals surface area contributed by atoms with Gasteiger partial charge in [0.15, 0.2) is 8.07 Å². The van der Waals surface area contributed by atoms with Crippen molar-refractivity contribution in [2.45, 2.75) is 45.2 Å². The molecule has 0 saturated heterocycles. The number of hydrogen-bond donors (Lipinski definition) is 1. The quantitative estimate of drug-likeness (QED) is 0.473. The summed E-state index contributed by atoms with van der Waals surface area (Å²) < 4.78 is 0. The van der Waals surface area contributed by atoms with Gasteiger partial charge in [0, 0.05) is 13.0 Å². The molecule has 0 spiro atoms. The molecular formula is C16H24OSi. The Kier molecular flexibility index (Phi) is 6.78. The van der Waals surface area contributed by atoms with Crippen molar-refractivity contribution < 1.29 is 5.11 Å². The first-order chi connectivity index (χ1) is 8.67. The van der Waals surface area contributed by atoms with E-state index in [1.807, 2.05) is 0 Å². The second-order valence-electron chi connectivity index (χ2n) is 5.18. The fraction of sp³-hybridized carbons (Fsp3) is 0.500. The van der Waals surface area contributed by atoms with E-state index in [2.05, 4.69) is 54.9 Å². The van der Waals surface area contributed by atoms with Gasteiger partial charge in [-0.15, -0.1) is 11.5 Å². The van der Waals surface area contributed by atoms with Crippen molar-refractivity contribution in [3.63, 3.8) is 0 Å². The summed E-state index contributed by atoms with van der Waals surface area (Å²) in [4.78, 5) is 0. The maximum absolute atomic E-state index is 8.68. The average Bonchev–Trinajstić information content (AvgIpc) is 2.39. The minimum atomic E-state index is -1.56. The second kappa shape index (κ2) is 8.13. The third kappa shape index (κ3) is 5.53. The molecule has 0 amide bonds. The van der Waals surface area contributed by atoms with Gasteiger partial charge in [0.2, 0.25) is 0 Å². The molecule has 2 heteroatoms. The maximum atomic E-state index is 8.68. The highest BCUT2D eigenvalue weighted by Gasteiger charge is 2.19. The molecule has 0 aromatic heterocycles. The van der Waals surface area contributed by atoms with E-state index < -0.39 is 8.07 Å². The Morgan fingerprint density at radius 1 is 1.00 bits per heavy atom. The van der Waals surface area contributed by atoms with E-state index in [9.17, 15) is 0 Å². The number of unbranched alkanes of at least 4 members (excludes halogenated alkanes) is 4. The monoisotopic (exact) mass is 260 g/mol. The summed E-state index contributed by atoms with van der Waals surface area (Å²) in [6, 6.07) is 10.6. The van der Waals surface area contributed by atoms with Crippen LogP contribution in [0.25, 0.3) is 0 Å². The predicted molar refractivity (Wildman–Crippen MR) is 81.5 cm³/mol. The molecule has 0 fully saturated rings. The van der Waals surface area contributed by atoms with Crippen LogP contribution < -0.4 is 5.19 Å². The zero-order chi connectivity index (χ0) is 13.3. The summed E-state index contributed by atoms with van der Waals surface area (Å²) in [5.41, 5.74) is 3.51. The van der Waals surface area contributed by atoms with Gasteiger partial charge < -0.3 is 5.11 Å². The molecule has 0 radical (unpaired) electrons. The van der Waals surface area contributed by atoms with Gasteiger partial charge in [-0.05, 0) is 18.0 Å². The van der Waals surface area contributed by atoms with Gasteiger partial charge in [-0.1, -0.05) is 56.3 Å². The van der Waals surface area contributed by atoms with Gasteiger partial charge in [-0.25, -0.2) is 0 Å². The van der Waals surface area contributed by atoms with Crippen LogP contribution in [0.3, 0.4) is 0 Å². The number of rotatable bonds is 6. The van der Waals surface area contributed by atoms with E-state index in [1.165, 1.54) is 11.6 Å². The molecule has 0 heterocycles. The largest absolute Gasteiger partial charge is 0.396 e. The molecule has 0 saturated carbocycles. The molecule has 1 aromatic rings. The molecule has 1 aromatic carbocycles. The summed E-state index contributed by atoms with van der Waals surface area (Å²) in [6.45, 7) is 4.93. The predicted octanol–water partition coefficient (Wildman–Crippen LogP) is 3.09. The molecule has 98 valence electrons. The van der Waals surface area contributed by atoms with Crippen molar-refractivity contribution in [2.75, 3.05) is 6.61 Å². The van der Waals surface area contributed by atoms with E-state index >= 15 is 0 Å². The summed E-state index contributed by atoms with van der Waals surface area (Å²) in [5, 5.41) is 10.1. The summed E-state index contributed by atoms with van der Waals surface area (Å²) in [6.07, 6.45) is 5.39. The molecule has 0 atom stereocenters. The van der Waals surface area contributed by atoms with E-state index in [-0.39, 0.29) is 0 Å². The third-order valence-corrected chi connectivity index (χ3v) is 5.68. The van der Waals surface area contributed by atoms with Gasteiger partial charge in [0.25, 0.3) is 0 Å². The first-order valence-corrected chi connectivity index (χ1v) is 9.83. The first-order valence-electron chi connectivity index (χ1n) is 6.83. The minimum absolute atomic E-state index is 0.319. The Balaban J connectivity index is 2.37. The number of aliphatic hydroxyl groups excluding tert-OH is 1. The van der Waals surface area contributed by atoms with Crippen LogP contribution in [-0.4, -0.2) is 19.8 Å². The van der Waals surface area contributed by atoms with Crippen molar-refractivity contribution >= 4 is 13.3 Å². The zero-order valence-electron chi connectivity index (χ0n) is 11.6. The molecule has 0 bridgehead atoms. The molecule has 18 heavy (non-hydrogen) atoms. The Labute approximate surface area is 112 Å². The first kappa shape index (κ1) is 15.0. The molecule has 1 nitrogen and oxygen atoms in total. The Bertz CT molecular complexity index is 387. The number of benzene rings is 1. The molecule has 0 aliphatic carbocycles. The maximum Gasteiger partial charge on any atom is 0.162 e. The van der Waals surface area contributed by atoms with Crippen LogP contribution in [0.4, 0.5) is 0 Å². The highest BCUT2D eigenvalue weighted by Crippen LogP contribution is 2.04. The van der Waals surface area contributed by atoms with Crippen LogP contribution in [0.15, 0.2) is 30.3 Å². The van der Waals surface area contributed by atoms with Crippen molar-refractivity contribution in [3.05, 3.63) is 30.3 Å². The van der Waals surface area contributed by atoms with Crippen LogP contribution >= 0.6 is 0 Å². The van der Waals surface area contributed by atoms with Crippen LogP contribution in [-0.2, 0) is 0 Å². The Morgan fingerprint density at radius 3 is 2.33 bits per heavy atom. The van der Waals surface area contributed by atoms with Crippen LogP contribution in [0.2, 0.25) is 13.1 Å². The molecule has 0 aliphatic rings. The lowest BCUT2D eigenvalue weighted by Gasteiger charge is -2.14. The van der Waals surface area contributed by atoms with Crippen LogP contribution in [0.1, 0.15) is 32.1 Å². The van der Waals surface area contributed by atoms with Crippen LogP contribution in [0.5, 0.6) is 0 Å². The molecule has 1 N–H and O–H groups in total. The van der Waals surface area contributed by atoms with E-state index in [1.54, 1.807) is 0 Å². The molecule has 0 aliphatic heterocycles. The van der Waals surface area contributed by atoms with E-state index in [0.717, 1.165) is 25.7 Å². The molecule has 1 rings (SSSR count). The van der Waals surface area contributed by atoms with Crippen molar-refractivity contribution in [1.82, 2.24) is 0 Å². The summed E-state index contributed by atoms with van der Waals surface area (Å²) in [7, 11) is -1.56. The lowest BCUT2D eigenvalue weighted by atomic mass is 10.1. The lowest BCUT2D eigenvalue weighted by molar-refractivity contribution is 0.282. The van der Waals surface area contributed by atoms with Crippen molar-refractivity contribution in [1.29, 1.82) is 0 Å². The van der Waals surface area contributed by atoms with Crippen molar-refractivity contribution in [3.8, 4) is 11.5 Å². The average molecular weight is 260 g/mol. The molecular weight excluding hydrogens is 236 g/mol. The smallest absolute Gasteiger partial charge is 0.162 e. The lowest BCUT2D eigenvalue weighted by Crippen LogP contribution is -2.39. The van der Waals surface area contributed by atoms with Gasteiger partial charge in [-0.3, -0.25) is 0 Å². The van der Waals surface area contributed by atoms with Gasteiger partial charge >= 0.3 is 0 Å². The van der Waals surface area contributed by atoms with Gasteiger partial charge in [0.05, 0.1) is 0 Å². The normalized spacial score (nSPS) is 10.8. The second-order valence-corrected chi connectivity index (χ2v) is 9.26. The minimum Gasteiger partial charge on any atom is -0.396 e. The van der Waals surface area contributed by atoms with Gasteiger partial charge in [0.1, 0.15) is 0 Å². The zero-order valence-corrected chi connectivity index (χ0v) is 12.6. The third-order valence-electron chi connectivity index (χ3n) is 3.11. The van der Waals surface area contributed by atoms with E-state index in [4.69, 9.17) is 5.11 Å². The number of hydrogen-bond acceptors (Lipinski definition) is 1.